The van der Waals surface area contributed by atoms with E-state index in [1.165, 1.54) is 6.07 Å². The predicted molar refractivity (Wildman–Crippen MR) is 103 cm³/mol. The van der Waals surface area contributed by atoms with E-state index < -0.39 is 22.0 Å². The average molecular weight is 411 g/mol. The van der Waals surface area contributed by atoms with Gasteiger partial charge in [0.25, 0.3) is 5.91 Å². The third-order valence-corrected chi connectivity index (χ3v) is 5.47. The Morgan fingerprint density at radius 3 is 2.81 bits per heavy atom. The quantitative estimate of drug-likeness (QED) is 0.816. The molecular weight excluding hydrogens is 392 g/mol. The van der Waals surface area contributed by atoms with Gasteiger partial charge in [0, 0.05) is 11.6 Å². The molecule has 0 aliphatic carbocycles. The van der Waals surface area contributed by atoms with E-state index in [0.717, 1.165) is 16.1 Å². The summed E-state index contributed by atoms with van der Waals surface area (Å²) in [6.45, 7) is 0.137. The van der Waals surface area contributed by atoms with Crippen LogP contribution in [0.15, 0.2) is 42.5 Å². The van der Waals surface area contributed by atoms with Crippen LogP contribution >= 0.6 is 11.6 Å². The Morgan fingerprint density at radius 1 is 1.33 bits per heavy atom. The molecule has 0 radical (unpaired) electrons. The van der Waals surface area contributed by atoms with Gasteiger partial charge >= 0.3 is 0 Å². The number of benzene rings is 2. The first-order chi connectivity index (χ1) is 12.8. The summed E-state index contributed by atoms with van der Waals surface area (Å²) in [6, 6.07) is 11.9. The van der Waals surface area contributed by atoms with Crippen molar-refractivity contribution in [3.8, 4) is 11.5 Å². The Labute approximate surface area is 162 Å². The zero-order valence-electron chi connectivity index (χ0n) is 14.8. The summed E-state index contributed by atoms with van der Waals surface area (Å²) < 4.78 is 36.3. The maximum atomic E-state index is 12.6. The molecular formula is C18H19ClN2O5S. The van der Waals surface area contributed by atoms with Crippen molar-refractivity contribution in [1.29, 1.82) is 0 Å². The minimum absolute atomic E-state index is 0.129. The number of methoxy groups -OCH3 is 1. The van der Waals surface area contributed by atoms with Gasteiger partial charge in [0.1, 0.15) is 11.5 Å². The molecule has 1 aliphatic heterocycles. The molecule has 144 valence electrons. The molecule has 1 aliphatic rings. The number of amides is 1. The monoisotopic (exact) mass is 410 g/mol. The molecule has 0 spiro atoms. The molecule has 0 saturated heterocycles. The first kappa shape index (κ1) is 19.3. The number of hydrogen-bond acceptors (Lipinski definition) is 5. The van der Waals surface area contributed by atoms with Crippen molar-refractivity contribution in [2.24, 2.45) is 0 Å². The maximum absolute atomic E-state index is 12.6. The molecule has 0 bridgehead atoms. The van der Waals surface area contributed by atoms with Gasteiger partial charge in [0.05, 0.1) is 25.6 Å². The van der Waals surface area contributed by atoms with Crippen molar-refractivity contribution in [2.75, 3.05) is 24.2 Å². The number of rotatable bonds is 5. The van der Waals surface area contributed by atoms with Gasteiger partial charge in [-0.15, -0.1) is 0 Å². The Hall–Kier alpha value is -2.45. The molecule has 1 amide bonds. The number of sulfonamides is 1. The smallest absolute Gasteiger partial charge is 0.263 e. The highest BCUT2D eigenvalue weighted by Gasteiger charge is 2.35. The van der Waals surface area contributed by atoms with Gasteiger partial charge < -0.3 is 14.8 Å². The van der Waals surface area contributed by atoms with E-state index >= 15 is 0 Å². The van der Waals surface area contributed by atoms with Gasteiger partial charge in [-0.25, -0.2) is 8.42 Å². The molecule has 7 nitrogen and oxygen atoms in total. The number of hydrogen-bond donors (Lipinski definition) is 1. The summed E-state index contributed by atoms with van der Waals surface area (Å²) in [5, 5.41) is 3.15. The van der Waals surface area contributed by atoms with Gasteiger partial charge in [-0.2, -0.15) is 0 Å². The number of fused-ring (bicyclic) bond motifs is 1. The third kappa shape index (κ3) is 4.45. The van der Waals surface area contributed by atoms with E-state index in [9.17, 15) is 13.2 Å². The molecule has 2 aromatic rings. The minimum Gasteiger partial charge on any atom is -0.497 e. The first-order valence-electron chi connectivity index (χ1n) is 8.12. The Balaban J connectivity index is 1.76. The van der Waals surface area contributed by atoms with Crippen molar-refractivity contribution >= 4 is 33.2 Å². The Morgan fingerprint density at radius 2 is 2.11 bits per heavy atom. The highest BCUT2D eigenvalue weighted by Crippen LogP contribution is 2.37. The van der Waals surface area contributed by atoms with Crippen LogP contribution in [0, 0.1) is 0 Å². The first-order valence-corrected chi connectivity index (χ1v) is 10.3. The molecule has 0 saturated carbocycles. The van der Waals surface area contributed by atoms with Crippen LogP contribution in [0.1, 0.15) is 5.56 Å². The lowest BCUT2D eigenvalue weighted by Gasteiger charge is -2.34. The van der Waals surface area contributed by atoms with E-state index in [1.807, 2.05) is 24.3 Å². The van der Waals surface area contributed by atoms with E-state index in [0.29, 0.717) is 16.5 Å². The van der Waals surface area contributed by atoms with Crippen LogP contribution in [-0.4, -0.2) is 40.3 Å². The lowest BCUT2D eigenvalue weighted by atomic mass is 10.2. The second-order valence-electron chi connectivity index (χ2n) is 6.08. The van der Waals surface area contributed by atoms with Crippen LogP contribution in [0.4, 0.5) is 5.69 Å². The SMILES string of the molecule is COc1cccc(CNC(=O)[C@@H]2CN(S(C)(=O)=O)c3cc(Cl)ccc3O2)c1. The molecule has 1 N–H and O–H groups in total. The van der Waals surface area contributed by atoms with Crippen molar-refractivity contribution in [1.82, 2.24) is 5.32 Å². The fourth-order valence-corrected chi connectivity index (χ4v) is 3.83. The van der Waals surface area contributed by atoms with E-state index in [2.05, 4.69) is 5.32 Å². The summed E-state index contributed by atoms with van der Waals surface area (Å²) >= 11 is 5.97. The van der Waals surface area contributed by atoms with Crippen molar-refractivity contribution < 1.29 is 22.7 Å². The molecule has 2 aromatic carbocycles. The number of halogens is 1. The van der Waals surface area contributed by atoms with E-state index in [-0.39, 0.29) is 18.8 Å². The maximum Gasteiger partial charge on any atom is 0.263 e. The standard InChI is InChI=1S/C18H19ClN2O5S/c1-25-14-5-3-4-12(8-14)10-20-18(22)17-11-21(27(2,23)24)15-9-13(19)6-7-16(15)26-17/h3-9,17H,10-11H2,1-2H3,(H,20,22)/t17-/m0/s1. The number of ether oxygens (including phenoxy) is 2. The number of carbonyl (C=O) groups is 1. The van der Waals surface area contributed by atoms with Crippen LogP contribution in [0.3, 0.4) is 0 Å². The summed E-state index contributed by atoms with van der Waals surface area (Å²) in [4.78, 5) is 12.6. The number of carbonyl (C=O) groups excluding carboxylic acids is 1. The van der Waals surface area contributed by atoms with Crippen LogP contribution in [-0.2, 0) is 21.4 Å². The molecule has 27 heavy (non-hydrogen) atoms. The second kappa shape index (κ2) is 7.66. The van der Waals surface area contributed by atoms with Gasteiger partial charge in [0.15, 0.2) is 6.10 Å². The lowest BCUT2D eigenvalue weighted by molar-refractivity contribution is -0.127. The van der Waals surface area contributed by atoms with E-state index in [1.54, 1.807) is 19.2 Å². The zero-order valence-corrected chi connectivity index (χ0v) is 16.4. The average Bonchev–Trinajstić information content (AvgIpc) is 2.64. The van der Waals surface area contributed by atoms with Crippen LogP contribution in [0.5, 0.6) is 11.5 Å². The van der Waals surface area contributed by atoms with Crippen molar-refractivity contribution in [3.05, 3.63) is 53.1 Å². The highest BCUT2D eigenvalue weighted by atomic mass is 35.5. The molecule has 9 heteroatoms. The third-order valence-electron chi connectivity index (χ3n) is 4.08. The molecule has 0 aromatic heterocycles. The Bertz CT molecular complexity index is 964. The summed E-state index contributed by atoms with van der Waals surface area (Å²) in [6.07, 6.45) is 0.104. The number of anilines is 1. The summed E-state index contributed by atoms with van der Waals surface area (Å²) in [7, 11) is -2.03. The van der Waals surface area contributed by atoms with Gasteiger partial charge in [-0.05, 0) is 35.9 Å². The lowest BCUT2D eigenvalue weighted by Crippen LogP contribution is -2.50. The van der Waals surface area contributed by atoms with Crippen LogP contribution in [0.25, 0.3) is 0 Å². The van der Waals surface area contributed by atoms with Crippen LogP contribution in [0.2, 0.25) is 5.02 Å². The highest BCUT2D eigenvalue weighted by molar-refractivity contribution is 7.92. The van der Waals surface area contributed by atoms with Gasteiger partial charge in [-0.3, -0.25) is 9.10 Å². The normalized spacial score (nSPS) is 16.3. The number of nitrogens with zero attached hydrogens (tertiary/aromatic N) is 1. The number of nitrogens with one attached hydrogen (secondary N) is 1. The van der Waals surface area contributed by atoms with Crippen molar-refractivity contribution in [2.45, 2.75) is 12.6 Å². The topological polar surface area (TPSA) is 84.9 Å². The fourth-order valence-electron chi connectivity index (χ4n) is 2.76. The molecule has 1 heterocycles. The molecule has 1 atom stereocenters. The zero-order chi connectivity index (χ0) is 19.6. The fraction of sp³-hybridized carbons (Fsp3) is 0.278. The minimum atomic E-state index is -3.60. The van der Waals surface area contributed by atoms with Crippen molar-refractivity contribution in [3.63, 3.8) is 0 Å². The summed E-state index contributed by atoms with van der Waals surface area (Å²) in [5.74, 6) is 0.564. The molecule has 0 unspecified atom stereocenters. The second-order valence-corrected chi connectivity index (χ2v) is 8.43. The van der Waals surface area contributed by atoms with Gasteiger partial charge in [-0.1, -0.05) is 23.7 Å². The Kier molecular flexibility index (Phi) is 5.48. The van der Waals surface area contributed by atoms with Crippen LogP contribution < -0.4 is 19.1 Å². The van der Waals surface area contributed by atoms with Gasteiger partial charge in [0.2, 0.25) is 10.0 Å². The summed E-state index contributed by atoms with van der Waals surface area (Å²) in [5.41, 5.74) is 1.17. The predicted octanol–water partition coefficient (Wildman–Crippen LogP) is 2.19. The van der Waals surface area contributed by atoms with E-state index in [4.69, 9.17) is 21.1 Å². The molecule has 0 fully saturated rings. The molecule has 3 rings (SSSR count). The largest absolute Gasteiger partial charge is 0.497 e.